The molecule has 0 bridgehead atoms. The number of amides is 1. The van der Waals surface area contributed by atoms with E-state index < -0.39 is 12.1 Å². The van der Waals surface area contributed by atoms with Crippen LogP contribution in [0.4, 0.5) is 13.2 Å². The van der Waals surface area contributed by atoms with Gasteiger partial charge in [-0.25, -0.2) is 14.7 Å². The molecule has 0 spiro atoms. The van der Waals surface area contributed by atoms with Gasteiger partial charge in [0, 0.05) is 34.2 Å². The average Bonchev–Trinajstić information content (AvgIpc) is 3.55. The van der Waals surface area contributed by atoms with Crippen LogP contribution in [0.25, 0.3) is 10.9 Å². The van der Waals surface area contributed by atoms with Gasteiger partial charge in [-0.15, -0.1) is 0 Å². The number of aromatic amines is 2. The van der Waals surface area contributed by atoms with E-state index in [0.717, 1.165) is 41.4 Å². The van der Waals surface area contributed by atoms with Gasteiger partial charge in [0.1, 0.15) is 18.2 Å². The van der Waals surface area contributed by atoms with Gasteiger partial charge in [0.25, 0.3) is 5.91 Å². The quantitative estimate of drug-likeness (QED) is 0.277. The minimum Gasteiger partial charge on any atom is -0.489 e. The fraction of sp³-hybridized carbons (Fsp3) is 0.296. The smallest absolute Gasteiger partial charge is 0.489 e. The van der Waals surface area contributed by atoms with Crippen LogP contribution < -0.4 is 15.7 Å². The third kappa shape index (κ3) is 7.04. The van der Waals surface area contributed by atoms with Crippen molar-refractivity contribution in [3.63, 3.8) is 0 Å². The maximum absolute atomic E-state index is 12.8. The second-order valence-electron chi connectivity index (χ2n) is 9.24. The molecule has 4 N–H and O–H groups in total. The Bertz CT molecular complexity index is 1550. The molecular formula is C27H26F3N5O5. The number of ether oxygens (including phenoxy) is 1. The van der Waals surface area contributed by atoms with Gasteiger partial charge < -0.3 is 15.2 Å². The Morgan fingerprint density at radius 3 is 2.48 bits per heavy atom. The first-order chi connectivity index (χ1) is 19.0. The molecule has 1 amide bonds. The summed E-state index contributed by atoms with van der Waals surface area (Å²) in [6, 6.07) is 17.1. The van der Waals surface area contributed by atoms with Gasteiger partial charge >= 0.3 is 17.8 Å². The largest absolute Gasteiger partial charge is 0.490 e. The number of nitrogens with one attached hydrogen (secondary N) is 3. The van der Waals surface area contributed by atoms with Crippen LogP contribution in [0.15, 0.2) is 59.4 Å². The molecule has 10 nitrogen and oxygen atoms in total. The van der Waals surface area contributed by atoms with Gasteiger partial charge in [-0.05, 0) is 56.2 Å². The van der Waals surface area contributed by atoms with E-state index in [-0.39, 0.29) is 23.6 Å². The molecule has 1 saturated carbocycles. The van der Waals surface area contributed by atoms with E-state index in [1.807, 2.05) is 49.4 Å². The number of aromatic nitrogens is 4. The Hall–Kier alpha value is -4.68. The summed E-state index contributed by atoms with van der Waals surface area (Å²) >= 11 is 0. The molecule has 2 aromatic carbocycles. The molecule has 2 unspecified atom stereocenters. The number of alkyl halides is 3. The highest BCUT2D eigenvalue weighted by molar-refractivity contribution is 5.94. The molecule has 1 fully saturated rings. The van der Waals surface area contributed by atoms with Crippen molar-refractivity contribution in [1.29, 1.82) is 0 Å². The minimum atomic E-state index is -5.08. The van der Waals surface area contributed by atoms with Crippen molar-refractivity contribution in [3.05, 3.63) is 87.7 Å². The second-order valence-corrected chi connectivity index (χ2v) is 9.24. The summed E-state index contributed by atoms with van der Waals surface area (Å²) in [6.07, 6.45) is -2.38. The Labute approximate surface area is 225 Å². The van der Waals surface area contributed by atoms with Crippen LogP contribution in [0.1, 0.15) is 52.6 Å². The number of H-pyrrole nitrogens is 2. The van der Waals surface area contributed by atoms with Crippen LogP contribution >= 0.6 is 0 Å². The molecule has 2 aromatic heterocycles. The first-order valence-corrected chi connectivity index (χ1v) is 12.3. The summed E-state index contributed by atoms with van der Waals surface area (Å²) in [5.41, 5.74) is 3.21. The molecule has 40 heavy (non-hydrogen) atoms. The summed E-state index contributed by atoms with van der Waals surface area (Å²) in [6.45, 7) is 2.39. The lowest BCUT2D eigenvalue weighted by atomic mass is 10.0. The molecule has 1 aliphatic carbocycles. The van der Waals surface area contributed by atoms with Crippen molar-refractivity contribution in [2.75, 3.05) is 0 Å². The zero-order valence-corrected chi connectivity index (χ0v) is 21.3. The van der Waals surface area contributed by atoms with Crippen molar-refractivity contribution in [1.82, 2.24) is 25.5 Å². The van der Waals surface area contributed by atoms with E-state index in [1.165, 1.54) is 0 Å². The van der Waals surface area contributed by atoms with Crippen molar-refractivity contribution < 1.29 is 32.6 Å². The van der Waals surface area contributed by atoms with Gasteiger partial charge in [-0.2, -0.15) is 18.3 Å². The number of benzene rings is 2. The SMILES string of the molecule is Cc1cc(COc2ccc(C(=O)NC3CCCC3c3n[nH]c(=O)[nH]3)cc2)c2ccccc2n1.O=C(O)C(F)(F)F. The summed E-state index contributed by atoms with van der Waals surface area (Å²) < 4.78 is 37.7. The van der Waals surface area contributed by atoms with Crippen molar-refractivity contribution in [2.45, 2.75) is 50.9 Å². The number of halogens is 3. The monoisotopic (exact) mass is 557 g/mol. The Morgan fingerprint density at radius 1 is 1.12 bits per heavy atom. The summed E-state index contributed by atoms with van der Waals surface area (Å²) in [5, 5.41) is 17.7. The highest BCUT2D eigenvalue weighted by atomic mass is 19.4. The zero-order chi connectivity index (χ0) is 28.9. The zero-order valence-electron chi connectivity index (χ0n) is 21.3. The third-order valence-corrected chi connectivity index (χ3v) is 6.39. The number of aliphatic carboxylic acids is 1. The first kappa shape index (κ1) is 28.3. The number of fused-ring (bicyclic) bond motifs is 1. The lowest BCUT2D eigenvalue weighted by molar-refractivity contribution is -0.192. The van der Waals surface area contributed by atoms with Crippen LogP contribution in [0.5, 0.6) is 5.75 Å². The van der Waals surface area contributed by atoms with E-state index in [1.54, 1.807) is 12.1 Å². The lowest BCUT2D eigenvalue weighted by Gasteiger charge is -2.19. The number of carboxylic acids is 1. The lowest BCUT2D eigenvalue weighted by Crippen LogP contribution is -2.36. The highest BCUT2D eigenvalue weighted by Gasteiger charge is 2.38. The number of carbonyl (C=O) groups is 2. The van der Waals surface area contributed by atoms with Gasteiger partial charge in [-0.3, -0.25) is 14.8 Å². The predicted molar refractivity (Wildman–Crippen MR) is 138 cm³/mol. The maximum Gasteiger partial charge on any atom is 0.490 e. The fourth-order valence-electron chi connectivity index (χ4n) is 4.55. The number of carboxylic acid groups (broad SMARTS) is 1. The summed E-state index contributed by atoms with van der Waals surface area (Å²) in [7, 11) is 0. The molecule has 2 atom stereocenters. The van der Waals surface area contributed by atoms with Crippen molar-refractivity contribution in [2.24, 2.45) is 0 Å². The van der Waals surface area contributed by atoms with E-state index in [9.17, 15) is 22.8 Å². The first-order valence-electron chi connectivity index (χ1n) is 12.3. The van der Waals surface area contributed by atoms with Crippen LogP contribution in [0.3, 0.4) is 0 Å². The maximum atomic E-state index is 12.8. The number of para-hydroxylation sites is 1. The van der Waals surface area contributed by atoms with E-state index in [2.05, 4.69) is 25.5 Å². The molecule has 0 radical (unpaired) electrons. The third-order valence-electron chi connectivity index (χ3n) is 6.39. The summed E-state index contributed by atoms with van der Waals surface area (Å²) in [5.74, 6) is -1.60. The molecule has 0 aliphatic heterocycles. The van der Waals surface area contributed by atoms with Gasteiger partial charge in [-0.1, -0.05) is 24.6 Å². The molecular weight excluding hydrogens is 531 g/mol. The van der Waals surface area contributed by atoms with Crippen molar-refractivity contribution in [3.8, 4) is 5.75 Å². The molecule has 2 heterocycles. The number of carbonyl (C=O) groups excluding carboxylic acids is 1. The van der Waals surface area contributed by atoms with E-state index >= 15 is 0 Å². The molecule has 5 rings (SSSR count). The molecule has 13 heteroatoms. The fourth-order valence-corrected chi connectivity index (χ4v) is 4.55. The van der Waals surface area contributed by atoms with E-state index in [0.29, 0.717) is 23.7 Å². The molecule has 0 saturated heterocycles. The van der Waals surface area contributed by atoms with Gasteiger partial charge in [0.2, 0.25) is 0 Å². The van der Waals surface area contributed by atoms with Crippen LogP contribution in [-0.4, -0.2) is 49.4 Å². The van der Waals surface area contributed by atoms with Crippen LogP contribution in [0.2, 0.25) is 0 Å². The standard InChI is InChI=1S/C25H25N5O3.C2HF3O2/c1-15-13-17(19-5-2-3-7-21(19)26-15)14-33-18-11-9-16(10-12-18)24(31)27-22-8-4-6-20(22)23-28-25(32)30-29-23;3-2(4,5)1(6)7/h2-3,5,7,9-13,20,22H,4,6,8,14H2,1H3,(H,27,31)(H2,28,29,30,32);(H,6,7). The number of nitrogens with zero attached hydrogens (tertiary/aromatic N) is 2. The molecule has 1 aliphatic rings. The van der Waals surface area contributed by atoms with Crippen LogP contribution in [0, 0.1) is 6.92 Å². The second kappa shape index (κ2) is 12.0. The number of hydrogen-bond donors (Lipinski definition) is 4. The minimum absolute atomic E-state index is 0.00847. The van der Waals surface area contributed by atoms with Gasteiger partial charge in [0.15, 0.2) is 0 Å². The number of hydrogen-bond acceptors (Lipinski definition) is 6. The molecule has 4 aromatic rings. The topological polar surface area (TPSA) is 150 Å². The number of aryl methyl sites for hydroxylation is 1. The highest BCUT2D eigenvalue weighted by Crippen LogP contribution is 2.32. The van der Waals surface area contributed by atoms with E-state index in [4.69, 9.17) is 14.6 Å². The predicted octanol–water partition coefficient (Wildman–Crippen LogP) is 4.23. The number of pyridine rings is 1. The normalized spacial score (nSPS) is 16.7. The Kier molecular flexibility index (Phi) is 8.51. The van der Waals surface area contributed by atoms with Gasteiger partial charge in [0.05, 0.1) is 5.52 Å². The summed E-state index contributed by atoms with van der Waals surface area (Å²) in [4.78, 5) is 40.4. The Balaban J connectivity index is 0.000000470. The van der Waals surface area contributed by atoms with Crippen LogP contribution in [-0.2, 0) is 11.4 Å². The van der Waals surface area contributed by atoms with Crippen molar-refractivity contribution >= 4 is 22.8 Å². The average molecular weight is 558 g/mol. The Morgan fingerprint density at radius 2 is 1.82 bits per heavy atom. The molecule has 210 valence electrons. The number of rotatable bonds is 6.